The highest BCUT2D eigenvalue weighted by Crippen LogP contribution is 2.39. The number of carbonyl (C=O) groups is 1. The first-order valence-electron chi connectivity index (χ1n) is 7.05. The summed E-state index contributed by atoms with van der Waals surface area (Å²) in [5, 5.41) is 3.42. The van der Waals surface area contributed by atoms with Crippen LogP contribution in [0.5, 0.6) is 0 Å². The quantitative estimate of drug-likeness (QED) is 0.729. The van der Waals surface area contributed by atoms with Gasteiger partial charge in [0.1, 0.15) is 0 Å². The number of amides is 1. The number of primary amides is 1. The lowest BCUT2D eigenvalue weighted by molar-refractivity contribution is 0.100. The Balaban J connectivity index is 2.10. The highest BCUT2D eigenvalue weighted by atomic mass is 32.2. The summed E-state index contributed by atoms with van der Waals surface area (Å²) in [6, 6.07) is 5.37. The summed E-state index contributed by atoms with van der Waals surface area (Å²) in [5.74, 6) is -0.483. The summed E-state index contributed by atoms with van der Waals surface area (Å²) in [7, 11) is 0. The largest absolute Gasteiger partial charge is 0.396 e. The van der Waals surface area contributed by atoms with E-state index in [2.05, 4.69) is 11.6 Å². The maximum absolute atomic E-state index is 11.3. The van der Waals surface area contributed by atoms with Gasteiger partial charge in [-0.1, -0.05) is 25.3 Å². The molecule has 0 atom stereocenters. The molecule has 1 amide bonds. The minimum absolute atomic E-state index is 0.285. The van der Waals surface area contributed by atoms with E-state index < -0.39 is 5.91 Å². The molecule has 2 rings (SSSR count). The summed E-state index contributed by atoms with van der Waals surface area (Å²) in [6.07, 6.45) is 8.56. The number of thioether (sulfide) groups is 1. The zero-order valence-electron chi connectivity index (χ0n) is 11.9. The summed E-state index contributed by atoms with van der Waals surface area (Å²) in [4.78, 5) is 11.3. The monoisotopic (exact) mass is 293 g/mol. The van der Waals surface area contributed by atoms with E-state index in [9.17, 15) is 4.79 Å². The van der Waals surface area contributed by atoms with Crippen LogP contribution in [0, 0.1) is 0 Å². The van der Waals surface area contributed by atoms with E-state index in [0.29, 0.717) is 11.3 Å². The molecule has 1 saturated carbocycles. The van der Waals surface area contributed by atoms with Crippen LogP contribution in [-0.2, 0) is 0 Å². The number of hydrogen-bond donors (Lipinski definition) is 3. The fourth-order valence-electron chi connectivity index (χ4n) is 2.84. The van der Waals surface area contributed by atoms with Crippen molar-refractivity contribution in [2.75, 3.05) is 23.9 Å². The van der Waals surface area contributed by atoms with E-state index in [1.807, 2.05) is 23.9 Å². The van der Waals surface area contributed by atoms with Crippen LogP contribution in [0.15, 0.2) is 18.2 Å². The molecule has 0 radical (unpaired) electrons. The first-order valence-corrected chi connectivity index (χ1v) is 8.28. The minimum atomic E-state index is -0.483. The molecule has 1 aromatic rings. The van der Waals surface area contributed by atoms with Gasteiger partial charge in [-0.25, -0.2) is 0 Å². The van der Waals surface area contributed by atoms with Crippen LogP contribution in [0.3, 0.4) is 0 Å². The van der Waals surface area contributed by atoms with E-state index in [4.69, 9.17) is 11.5 Å². The highest BCUT2D eigenvalue weighted by molar-refractivity contribution is 8.00. The third kappa shape index (κ3) is 3.20. The third-order valence-electron chi connectivity index (χ3n) is 4.17. The molecular weight excluding hydrogens is 270 g/mol. The number of nitrogens with one attached hydrogen (secondary N) is 1. The summed E-state index contributed by atoms with van der Waals surface area (Å²) < 4.78 is 0.285. The molecule has 1 aliphatic carbocycles. The first-order chi connectivity index (χ1) is 9.58. The SMILES string of the molecule is CSC1(CNc2cccc(C(N)=O)c2N)CCCCC1. The molecule has 0 saturated heterocycles. The number of carbonyl (C=O) groups excluding carboxylic acids is 1. The van der Waals surface area contributed by atoms with E-state index in [1.165, 1.54) is 32.1 Å². The molecule has 0 aliphatic heterocycles. The van der Waals surface area contributed by atoms with Crippen LogP contribution >= 0.6 is 11.8 Å². The number of hydrogen-bond acceptors (Lipinski definition) is 4. The van der Waals surface area contributed by atoms with Gasteiger partial charge in [0, 0.05) is 11.3 Å². The van der Waals surface area contributed by atoms with Crippen molar-refractivity contribution in [3.05, 3.63) is 23.8 Å². The molecule has 20 heavy (non-hydrogen) atoms. The van der Waals surface area contributed by atoms with Gasteiger partial charge in [-0.2, -0.15) is 11.8 Å². The number of anilines is 2. The molecule has 110 valence electrons. The molecule has 5 heteroatoms. The van der Waals surface area contributed by atoms with Gasteiger partial charge >= 0.3 is 0 Å². The fraction of sp³-hybridized carbons (Fsp3) is 0.533. The molecule has 0 bridgehead atoms. The van der Waals surface area contributed by atoms with Crippen LogP contribution < -0.4 is 16.8 Å². The summed E-state index contributed by atoms with van der Waals surface area (Å²) in [6.45, 7) is 0.876. The average Bonchev–Trinajstić information content (AvgIpc) is 2.47. The van der Waals surface area contributed by atoms with Crippen molar-refractivity contribution in [2.45, 2.75) is 36.9 Å². The van der Waals surface area contributed by atoms with Crippen molar-refractivity contribution in [1.29, 1.82) is 0 Å². The Labute approximate surface area is 124 Å². The van der Waals surface area contributed by atoms with Crippen LogP contribution in [0.1, 0.15) is 42.5 Å². The van der Waals surface area contributed by atoms with E-state index >= 15 is 0 Å². The lowest BCUT2D eigenvalue weighted by atomic mass is 9.88. The summed E-state index contributed by atoms with van der Waals surface area (Å²) in [5.41, 5.74) is 13.0. The smallest absolute Gasteiger partial charge is 0.250 e. The van der Waals surface area contributed by atoms with Crippen LogP contribution in [0.2, 0.25) is 0 Å². The van der Waals surface area contributed by atoms with Gasteiger partial charge in [0.2, 0.25) is 0 Å². The lowest BCUT2D eigenvalue weighted by Crippen LogP contribution is -2.35. The van der Waals surface area contributed by atoms with Gasteiger partial charge in [-0.15, -0.1) is 0 Å². The molecule has 0 unspecified atom stereocenters. The average molecular weight is 293 g/mol. The number of nitrogens with two attached hydrogens (primary N) is 2. The third-order valence-corrected chi connectivity index (χ3v) is 5.59. The van der Waals surface area contributed by atoms with E-state index in [-0.39, 0.29) is 4.75 Å². The highest BCUT2D eigenvalue weighted by Gasteiger charge is 2.31. The molecule has 0 heterocycles. The number of rotatable bonds is 5. The maximum Gasteiger partial charge on any atom is 0.250 e. The van der Waals surface area contributed by atoms with E-state index in [0.717, 1.165) is 12.2 Å². The van der Waals surface area contributed by atoms with Crippen molar-refractivity contribution >= 4 is 29.0 Å². The van der Waals surface area contributed by atoms with Crippen molar-refractivity contribution in [1.82, 2.24) is 0 Å². The maximum atomic E-state index is 11.3. The Morgan fingerprint density at radius 2 is 2.05 bits per heavy atom. The second-order valence-electron chi connectivity index (χ2n) is 5.43. The molecule has 0 spiro atoms. The van der Waals surface area contributed by atoms with Crippen molar-refractivity contribution < 1.29 is 4.79 Å². The predicted octanol–water partition coefficient (Wildman–Crippen LogP) is 2.85. The standard InChI is InChI=1S/C15H23N3OS/c1-20-15(8-3-2-4-9-15)10-18-12-7-5-6-11(13(12)16)14(17)19/h5-7,18H,2-4,8-10,16H2,1H3,(H2,17,19). The van der Waals surface area contributed by atoms with Gasteiger partial charge in [-0.3, -0.25) is 4.79 Å². The normalized spacial score (nSPS) is 17.6. The Bertz CT molecular complexity index is 484. The number of para-hydroxylation sites is 1. The molecule has 4 nitrogen and oxygen atoms in total. The lowest BCUT2D eigenvalue weighted by Gasteiger charge is -2.36. The van der Waals surface area contributed by atoms with Gasteiger partial charge in [0.15, 0.2) is 0 Å². The molecule has 1 fully saturated rings. The molecule has 1 aromatic carbocycles. The van der Waals surface area contributed by atoms with Gasteiger partial charge in [-0.05, 0) is 31.2 Å². The topological polar surface area (TPSA) is 81.1 Å². The Morgan fingerprint density at radius 1 is 1.35 bits per heavy atom. The van der Waals surface area contributed by atoms with Crippen molar-refractivity contribution in [3.8, 4) is 0 Å². The van der Waals surface area contributed by atoms with Gasteiger partial charge in [0.25, 0.3) is 5.91 Å². The second-order valence-corrected chi connectivity index (χ2v) is 6.71. The Hall–Kier alpha value is -1.36. The molecular formula is C15H23N3OS. The first kappa shape index (κ1) is 15.0. The molecule has 1 aliphatic rings. The van der Waals surface area contributed by atoms with Gasteiger partial charge < -0.3 is 16.8 Å². The van der Waals surface area contributed by atoms with Crippen molar-refractivity contribution in [2.24, 2.45) is 5.73 Å². The van der Waals surface area contributed by atoms with E-state index in [1.54, 1.807) is 6.07 Å². The minimum Gasteiger partial charge on any atom is -0.396 e. The van der Waals surface area contributed by atoms with Gasteiger partial charge in [0.05, 0.1) is 16.9 Å². The Morgan fingerprint density at radius 3 is 2.65 bits per heavy atom. The van der Waals surface area contributed by atoms with Crippen LogP contribution in [0.25, 0.3) is 0 Å². The van der Waals surface area contributed by atoms with Crippen LogP contribution in [-0.4, -0.2) is 23.5 Å². The number of benzene rings is 1. The number of nitrogen functional groups attached to an aromatic ring is 1. The zero-order valence-corrected chi connectivity index (χ0v) is 12.8. The summed E-state index contributed by atoms with van der Waals surface area (Å²) >= 11 is 1.93. The van der Waals surface area contributed by atoms with Crippen LogP contribution in [0.4, 0.5) is 11.4 Å². The zero-order chi connectivity index (χ0) is 14.6. The van der Waals surface area contributed by atoms with Crippen molar-refractivity contribution in [3.63, 3.8) is 0 Å². The predicted molar refractivity (Wildman–Crippen MR) is 87.2 cm³/mol. The Kier molecular flexibility index (Phi) is 4.81. The second kappa shape index (κ2) is 6.39. The fourth-order valence-corrected chi connectivity index (χ4v) is 3.75. The molecule has 5 N–H and O–H groups in total. The molecule has 0 aromatic heterocycles.